The van der Waals surface area contributed by atoms with Crippen LogP contribution in [-0.4, -0.2) is 41.7 Å². The van der Waals surface area contributed by atoms with Gasteiger partial charge in [-0.3, -0.25) is 4.90 Å². The van der Waals surface area contributed by atoms with Gasteiger partial charge in [-0.2, -0.15) is 4.98 Å². The van der Waals surface area contributed by atoms with Crippen molar-refractivity contribution in [1.29, 1.82) is 0 Å². The van der Waals surface area contributed by atoms with E-state index in [1.807, 2.05) is 7.05 Å². The maximum absolute atomic E-state index is 13.1. The van der Waals surface area contributed by atoms with Crippen molar-refractivity contribution < 1.29 is 13.7 Å². The molecule has 1 N–H and O–H groups in total. The molecular weight excluding hydrogens is 311 g/mol. The van der Waals surface area contributed by atoms with Gasteiger partial charge >= 0.3 is 0 Å². The fourth-order valence-corrected chi connectivity index (χ4v) is 2.44. The zero-order valence-electron chi connectivity index (χ0n) is 12.1. The minimum atomic E-state index is -0.484. The van der Waals surface area contributed by atoms with E-state index in [1.165, 1.54) is 18.2 Å². The van der Waals surface area contributed by atoms with Gasteiger partial charge in [-0.15, -0.1) is 0 Å². The summed E-state index contributed by atoms with van der Waals surface area (Å²) < 4.78 is 23.7. The van der Waals surface area contributed by atoms with Crippen LogP contribution in [0.3, 0.4) is 0 Å². The van der Waals surface area contributed by atoms with Crippen molar-refractivity contribution in [2.45, 2.75) is 12.6 Å². The third kappa shape index (κ3) is 3.37. The maximum Gasteiger partial charge on any atom is 0.264 e. The van der Waals surface area contributed by atoms with E-state index in [4.69, 9.17) is 20.9 Å². The Balaban J connectivity index is 1.63. The van der Waals surface area contributed by atoms with Gasteiger partial charge < -0.3 is 14.6 Å². The Hall–Kier alpha value is -1.70. The van der Waals surface area contributed by atoms with E-state index < -0.39 is 5.82 Å². The van der Waals surface area contributed by atoms with Crippen LogP contribution in [0.2, 0.25) is 5.02 Å². The van der Waals surface area contributed by atoms with Crippen molar-refractivity contribution >= 4 is 11.6 Å². The molecule has 6 nitrogen and oxygen atoms in total. The second kappa shape index (κ2) is 6.60. The van der Waals surface area contributed by atoms with Crippen LogP contribution in [0.4, 0.5) is 4.39 Å². The largest absolute Gasteiger partial charge is 0.484 e. The molecule has 1 fully saturated rings. The zero-order chi connectivity index (χ0) is 15.5. The van der Waals surface area contributed by atoms with Gasteiger partial charge in [0.05, 0.1) is 11.1 Å². The van der Waals surface area contributed by atoms with E-state index in [-0.39, 0.29) is 17.7 Å². The second-order valence-electron chi connectivity index (χ2n) is 5.11. The average molecular weight is 327 g/mol. The molecule has 3 rings (SSSR count). The molecule has 1 atom stereocenters. The molecule has 0 spiro atoms. The number of rotatable bonds is 4. The predicted octanol–water partition coefficient (Wildman–Crippen LogP) is 2.02. The number of hydrogen-bond acceptors (Lipinski definition) is 6. The minimum Gasteiger partial charge on any atom is -0.484 e. The number of aromatic nitrogens is 2. The molecule has 22 heavy (non-hydrogen) atoms. The first-order valence-electron chi connectivity index (χ1n) is 6.95. The van der Waals surface area contributed by atoms with E-state index in [1.54, 1.807) is 0 Å². The normalized spacial score (nSPS) is 19.3. The SMILES string of the molecule is CN1CCNCC1c1noc(COc2ccc(F)c(Cl)c2)n1. The molecule has 1 aliphatic heterocycles. The summed E-state index contributed by atoms with van der Waals surface area (Å²) in [6, 6.07) is 4.25. The predicted molar refractivity (Wildman–Crippen MR) is 78.3 cm³/mol. The number of halogens is 2. The van der Waals surface area contributed by atoms with E-state index >= 15 is 0 Å². The fourth-order valence-electron chi connectivity index (χ4n) is 2.27. The van der Waals surface area contributed by atoms with E-state index in [9.17, 15) is 4.39 Å². The molecule has 0 aliphatic carbocycles. The Morgan fingerprint density at radius 2 is 2.41 bits per heavy atom. The van der Waals surface area contributed by atoms with Crippen molar-refractivity contribution in [1.82, 2.24) is 20.4 Å². The standard InChI is InChI=1S/C14H16ClFN4O2/c1-20-5-4-17-7-12(20)14-18-13(22-19-14)8-21-9-2-3-11(16)10(15)6-9/h2-3,6,12,17H,4-5,7-8H2,1H3. The number of nitrogens with one attached hydrogen (secondary N) is 1. The summed E-state index contributed by atoms with van der Waals surface area (Å²) in [4.78, 5) is 6.52. The Morgan fingerprint density at radius 1 is 1.55 bits per heavy atom. The quantitative estimate of drug-likeness (QED) is 0.927. The molecule has 1 aromatic heterocycles. The smallest absolute Gasteiger partial charge is 0.264 e. The molecule has 2 aromatic rings. The fraction of sp³-hybridized carbons (Fsp3) is 0.429. The minimum absolute atomic E-state index is 0.0126. The average Bonchev–Trinajstić information content (AvgIpc) is 2.98. The lowest BCUT2D eigenvalue weighted by Gasteiger charge is -2.30. The molecule has 1 aromatic carbocycles. The molecular formula is C14H16ClFN4O2. The molecule has 0 amide bonds. The Kier molecular flexibility index (Phi) is 4.56. The summed E-state index contributed by atoms with van der Waals surface area (Å²) in [5.74, 6) is 0.962. The first-order chi connectivity index (χ1) is 10.6. The monoisotopic (exact) mass is 326 g/mol. The highest BCUT2D eigenvalue weighted by molar-refractivity contribution is 6.30. The Morgan fingerprint density at radius 3 is 3.18 bits per heavy atom. The summed E-state index contributed by atoms with van der Waals surface area (Å²) in [5.41, 5.74) is 0. The van der Waals surface area contributed by atoms with Gasteiger partial charge in [0.2, 0.25) is 0 Å². The van der Waals surface area contributed by atoms with Crippen LogP contribution in [0.25, 0.3) is 0 Å². The van der Waals surface area contributed by atoms with Crippen LogP contribution in [0.5, 0.6) is 5.75 Å². The topological polar surface area (TPSA) is 63.4 Å². The molecule has 2 heterocycles. The number of benzene rings is 1. The first kappa shape index (κ1) is 15.2. The van der Waals surface area contributed by atoms with Gasteiger partial charge in [0.15, 0.2) is 12.4 Å². The highest BCUT2D eigenvalue weighted by Gasteiger charge is 2.25. The highest BCUT2D eigenvalue weighted by Crippen LogP contribution is 2.22. The van der Waals surface area contributed by atoms with Crippen LogP contribution in [0.15, 0.2) is 22.7 Å². The first-order valence-corrected chi connectivity index (χ1v) is 7.32. The van der Waals surface area contributed by atoms with E-state index in [0.717, 1.165) is 19.6 Å². The molecule has 118 valence electrons. The molecule has 8 heteroatoms. The lowest BCUT2D eigenvalue weighted by atomic mass is 10.2. The number of hydrogen-bond donors (Lipinski definition) is 1. The Labute approximate surface area is 132 Å². The van der Waals surface area contributed by atoms with Crippen molar-refractivity contribution in [2.24, 2.45) is 0 Å². The summed E-state index contributed by atoms with van der Waals surface area (Å²) >= 11 is 5.70. The maximum atomic E-state index is 13.1. The summed E-state index contributed by atoms with van der Waals surface area (Å²) in [6.07, 6.45) is 0. The van der Waals surface area contributed by atoms with Gasteiger partial charge in [-0.25, -0.2) is 4.39 Å². The lowest BCUT2D eigenvalue weighted by Crippen LogP contribution is -2.44. The number of likely N-dealkylation sites (N-methyl/N-ethyl adjacent to an activating group) is 1. The number of nitrogens with zero attached hydrogens (tertiary/aromatic N) is 3. The molecule has 1 saturated heterocycles. The van der Waals surface area contributed by atoms with Crippen LogP contribution in [-0.2, 0) is 6.61 Å². The summed E-state index contributed by atoms with van der Waals surface area (Å²) in [6.45, 7) is 2.77. The summed E-state index contributed by atoms with van der Waals surface area (Å²) in [7, 11) is 2.03. The van der Waals surface area contributed by atoms with Crippen LogP contribution in [0, 0.1) is 5.82 Å². The van der Waals surface area contributed by atoms with Gasteiger partial charge in [-0.1, -0.05) is 16.8 Å². The summed E-state index contributed by atoms with van der Waals surface area (Å²) in [5, 5.41) is 7.31. The lowest BCUT2D eigenvalue weighted by molar-refractivity contribution is 0.189. The molecule has 0 saturated carbocycles. The van der Waals surface area contributed by atoms with Crippen molar-refractivity contribution in [3.8, 4) is 5.75 Å². The van der Waals surface area contributed by atoms with Crippen molar-refractivity contribution in [2.75, 3.05) is 26.7 Å². The third-order valence-corrected chi connectivity index (χ3v) is 3.84. The Bertz CT molecular complexity index is 652. The van der Waals surface area contributed by atoms with Gasteiger partial charge in [-0.05, 0) is 19.2 Å². The van der Waals surface area contributed by atoms with E-state index in [0.29, 0.717) is 17.5 Å². The third-order valence-electron chi connectivity index (χ3n) is 3.55. The zero-order valence-corrected chi connectivity index (χ0v) is 12.8. The van der Waals surface area contributed by atoms with Gasteiger partial charge in [0.1, 0.15) is 11.6 Å². The van der Waals surface area contributed by atoms with Gasteiger partial charge in [0, 0.05) is 25.7 Å². The number of ether oxygens (including phenoxy) is 1. The van der Waals surface area contributed by atoms with Crippen LogP contribution < -0.4 is 10.1 Å². The second-order valence-corrected chi connectivity index (χ2v) is 5.52. The number of piperazine rings is 1. The van der Waals surface area contributed by atoms with Crippen molar-refractivity contribution in [3.05, 3.63) is 40.8 Å². The molecule has 1 unspecified atom stereocenters. The molecule has 0 radical (unpaired) electrons. The highest BCUT2D eigenvalue weighted by atomic mass is 35.5. The molecule has 1 aliphatic rings. The van der Waals surface area contributed by atoms with Gasteiger partial charge in [0.25, 0.3) is 5.89 Å². The van der Waals surface area contributed by atoms with Crippen molar-refractivity contribution in [3.63, 3.8) is 0 Å². The molecule has 0 bridgehead atoms. The van der Waals surface area contributed by atoms with E-state index in [2.05, 4.69) is 20.4 Å². The van der Waals surface area contributed by atoms with Crippen LogP contribution >= 0.6 is 11.6 Å². The van der Waals surface area contributed by atoms with Crippen LogP contribution in [0.1, 0.15) is 17.8 Å².